The van der Waals surface area contributed by atoms with Crippen LogP contribution in [0.3, 0.4) is 0 Å². The zero-order chi connectivity index (χ0) is 14.9. The maximum Gasteiger partial charge on any atom is 0.339 e. The number of nitrogen functional groups attached to an aromatic ring is 1. The van der Waals surface area contributed by atoms with Crippen LogP contribution >= 0.6 is 0 Å². The van der Waals surface area contributed by atoms with E-state index >= 15 is 0 Å². The van der Waals surface area contributed by atoms with Crippen molar-refractivity contribution in [2.45, 2.75) is 19.9 Å². The third-order valence-corrected chi connectivity index (χ3v) is 2.91. The zero-order valence-corrected chi connectivity index (χ0v) is 11.4. The van der Waals surface area contributed by atoms with Gasteiger partial charge in [0.25, 0.3) is 0 Å². The Morgan fingerprint density at radius 2 is 2.20 bits per heavy atom. The van der Waals surface area contributed by atoms with Crippen LogP contribution in [0.2, 0.25) is 0 Å². The number of ether oxygens (including phenoxy) is 1. The average molecular weight is 275 g/mol. The number of aryl methyl sites for hydroxylation is 1. The molecule has 0 fully saturated rings. The van der Waals surface area contributed by atoms with Crippen LogP contribution in [-0.4, -0.2) is 28.7 Å². The molecule has 0 aliphatic rings. The standard InChI is InChI=1S/C14H17N3O3/c1-7(15)6-20-10-5-3-4-9-12(10)13(16)11(14(18)19)8(2)17-9/h3-5,7H,6,15H2,1-2H3,(H2,16,17)(H,18,19). The fourth-order valence-corrected chi connectivity index (χ4v) is 2.05. The summed E-state index contributed by atoms with van der Waals surface area (Å²) in [5.74, 6) is -0.608. The Morgan fingerprint density at radius 3 is 2.80 bits per heavy atom. The Labute approximate surface area is 116 Å². The quantitative estimate of drug-likeness (QED) is 0.780. The second kappa shape index (κ2) is 5.34. The number of aromatic carboxylic acids is 1. The number of hydrogen-bond donors (Lipinski definition) is 3. The Kier molecular flexibility index (Phi) is 3.76. The van der Waals surface area contributed by atoms with Crippen molar-refractivity contribution < 1.29 is 14.6 Å². The van der Waals surface area contributed by atoms with E-state index in [9.17, 15) is 9.90 Å². The summed E-state index contributed by atoms with van der Waals surface area (Å²) in [7, 11) is 0. The van der Waals surface area contributed by atoms with E-state index < -0.39 is 5.97 Å². The molecule has 0 saturated carbocycles. The third-order valence-electron chi connectivity index (χ3n) is 2.91. The fourth-order valence-electron chi connectivity index (χ4n) is 2.05. The number of carboxylic acid groups (broad SMARTS) is 1. The van der Waals surface area contributed by atoms with Crippen LogP contribution in [0.25, 0.3) is 10.9 Å². The van der Waals surface area contributed by atoms with E-state index in [0.29, 0.717) is 29.0 Å². The number of rotatable bonds is 4. The van der Waals surface area contributed by atoms with Gasteiger partial charge in [0, 0.05) is 6.04 Å². The van der Waals surface area contributed by atoms with E-state index in [-0.39, 0.29) is 17.3 Å². The van der Waals surface area contributed by atoms with Crippen LogP contribution in [0.15, 0.2) is 18.2 Å². The molecular formula is C14H17N3O3. The molecule has 0 radical (unpaired) electrons. The van der Waals surface area contributed by atoms with E-state index in [1.54, 1.807) is 25.1 Å². The van der Waals surface area contributed by atoms with Crippen LogP contribution in [0, 0.1) is 6.92 Å². The Morgan fingerprint density at radius 1 is 1.50 bits per heavy atom. The second-order valence-corrected chi connectivity index (χ2v) is 4.73. The maximum absolute atomic E-state index is 11.3. The summed E-state index contributed by atoms with van der Waals surface area (Å²) >= 11 is 0. The molecule has 1 unspecified atom stereocenters. The highest BCUT2D eigenvalue weighted by molar-refractivity contribution is 6.06. The molecular weight excluding hydrogens is 258 g/mol. The first-order chi connectivity index (χ1) is 9.41. The third kappa shape index (κ3) is 2.50. The number of anilines is 1. The molecule has 106 valence electrons. The Bertz CT molecular complexity index is 668. The average Bonchev–Trinajstić information content (AvgIpc) is 2.35. The lowest BCUT2D eigenvalue weighted by molar-refractivity contribution is 0.0697. The van der Waals surface area contributed by atoms with E-state index in [0.717, 1.165) is 0 Å². The number of benzene rings is 1. The SMILES string of the molecule is Cc1nc2cccc(OCC(C)N)c2c(N)c1C(=O)O. The van der Waals surface area contributed by atoms with E-state index in [2.05, 4.69) is 4.98 Å². The number of aromatic nitrogens is 1. The molecule has 1 atom stereocenters. The van der Waals surface area contributed by atoms with Gasteiger partial charge in [0.2, 0.25) is 0 Å². The Hall–Kier alpha value is -2.34. The van der Waals surface area contributed by atoms with Crippen molar-refractivity contribution in [3.63, 3.8) is 0 Å². The van der Waals surface area contributed by atoms with Crippen molar-refractivity contribution in [3.8, 4) is 5.75 Å². The zero-order valence-electron chi connectivity index (χ0n) is 11.4. The van der Waals surface area contributed by atoms with Gasteiger partial charge in [0.1, 0.15) is 17.9 Å². The van der Waals surface area contributed by atoms with Crippen molar-refractivity contribution in [2.24, 2.45) is 5.73 Å². The van der Waals surface area contributed by atoms with Crippen LogP contribution in [0.4, 0.5) is 5.69 Å². The molecule has 0 aliphatic carbocycles. The molecule has 6 heteroatoms. The topological polar surface area (TPSA) is 111 Å². The van der Waals surface area contributed by atoms with Gasteiger partial charge in [-0.25, -0.2) is 4.79 Å². The predicted octanol–water partition coefficient (Wildman–Crippen LogP) is 1.55. The Balaban J connectivity index is 2.66. The van der Waals surface area contributed by atoms with Crippen LogP contribution in [0.1, 0.15) is 23.0 Å². The fraction of sp³-hybridized carbons (Fsp3) is 0.286. The number of carbonyl (C=O) groups is 1. The summed E-state index contributed by atoms with van der Waals surface area (Å²) in [6.07, 6.45) is 0. The van der Waals surface area contributed by atoms with Gasteiger partial charge in [-0.1, -0.05) is 6.07 Å². The molecule has 0 spiro atoms. The van der Waals surface area contributed by atoms with Gasteiger partial charge in [-0.3, -0.25) is 4.98 Å². The largest absolute Gasteiger partial charge is 0.491 e. The molecule has 0 saturated heterocycles. The van der Waals surface area contributed by atoms with Crippen molar-refractivity contribution in [3.05, 3.63) is 29.5 Å². The van der Waals surface area contributed by atoms with Crippen LogP contribution < -0.4 is 16.2 Å². The molecule has 20 heavy (non-hydrogen) atoms. The first kappa shape index (κ1) is 14.1. The monoisotopic (exact) mass is 275 g/mol. The van der Waals surface area contributed by atoms with E-state index in [4.69, 9.17) is 16.2 Å². The van der Waals surface area contributed by atoms with Gasteiger partial charge in [0.15, 0.2) is 0 Å². The molecule has 6 nitrogen and oxygen atoms in total. The van der Waals surface area contributed by atoms with Gasteiger partial charge >= 0.3 is 5.97 Å². The minimum atomic E-state index is -1.10. The number of pyridine rings is 1. The van der Waals surface area contributed by atoms with Gasteiger partial charge in [-0.2, -0.15) is 0 Å². The smallest absolute Gasteiger partial charge is 0.339 e. The lowest BCUT2D eigenvalue weighted by atomic mass is 10.1. The highest BCUT2D eigenvalue weighted by atomic mass is 16.5. The summed E-state index contributed by atoms with van der Waals surface area (Å²) in [4.78, 5) is 15.6. The van der Waals surface area contributed by atoms with Crippen molar-refractivity contribution in [1.29, 1.82) is 0 Å². The minimum Gasteiger partial charge on any atom is -0.491 e. The number of nitrogens with two attached hydrogens (primary N) is 2. The molecule has 2 aromatic rings. The van der Waals surface area contributed by atoms with Crippen molar-refractivity contribution in [1.82, 2.24) is 4.98 Å². The molecule has 0 bridgehead atoms. The highest BCUT2D eigenvalue weighted by Gasteiger charge is 2.18. The summed E-state index contributed by atoms with van der Waals surface area (Å²) in [6.45, 7) is 3.75. The van der Waals surface area contributed by atoms with Gasteiger partial charge < -0.3 is 21.3 Å². The molecule has 2 rings (SSSR count). The predicted molar refractivity (Wildman–Crippen MR) is 77.0 cm³/mol. The normalized spacial score (nSPS) is 12.3. The molecule has 1 aromatic heterocycles. The number of fused-ring (bicyclic) bond motifs is 1. The van der Waals surface area contributed by atoms with Gasteiger partial charge in [0.05, 0.1) is 22.3 Å². The van der Waals surface area contributed by atoms with Crippen molar-refractivity contribution in [2.75, 3.05) is 12.3 Å². The van der Waals surface area contributed by atoms with Gasteiger partial charge in [-0.15, -0.1) is 0 Å². The van der Waals surface area contributed by atoms with E-state index in [1.807, 2.05) is 6.92 Å². The van der Waals surface area contributed by atoms with Crippen molar-refractivity contribution >= 4 is 22.6 Å². The molecule has 1 aromatic carbocycles. The first-order valence-electron chi connectivity index (χ1n) is 6.22. The number of carboxylic acids is 1. The summed E-state index contributed by atoms with van der Waals surface area (Å²) in [6, 6.07) is 5.14. The minimum absolute atomic E-state index is 0.00865. The highest BCUT2D eigenvalue weighted by Crippen LogP contribution is 2.33. The number of nitrogens with zero attached hydrogens (tertiary/aromatic N) is 1. The van der Waals surface area contributed by atoms with E-state index in [1.165, 1.54) is 0 Å². The molecule has 0 amide bonds. The molecule has 0 aliphatic heterocycles. The van der Waals surface area contributed by atoms with Crippen LogP contribution in [-0.2, 0) is 0 Å². The maximum atomic E-state index is 11.3. The summed E-state index contributed by atoms with van der Waals surface area (Å²) < 4.78 is 5.60. The molecule has 1 heterocycles. The van der Waals surface area contributed by atoms with Gasteiger partial charge in [-0.05, 0) is 26.0 Å². The lowest BCUT2D eigenvalue weighted by Crippen LogP contribution is -2.23. The molecule has 5 N–H and O–H groups in total. The summed E-state index contributed by atoms with van der Waals surface area (Å²) in [5, 5.41) is 9.74. The first-order valence-corrected chi connectivity index (χ1v) is 6.22. The summed E-state index contributed by atoms with van der Waals surface area (Å²) in [5.41, 5.74) is 12.8. The second-order valence-electron chi connectivity index (χ2n) is 4.73. The lowest BCUT2D eigenvalue weighted by Gasteiger charge is -2.14. The number of hydrogen-bond acceptors (Lipinski definition) is 5. The van der Waals surface area contributed by atoms with Crippen LogP contribution in [0.5, 0.6) is 5.75 Å².